The van der Waals surface area contributed by atoms with Gasteiger partial charge in [0, 0.05) is 12.1 Å². The van der Waals surface area contributed by atoms with Crippen LogP contribution in [0.5, 0.6) is 0 Å². The van der Waals surface area contributed by atoms with Crippen molar-refractivity contribution in [2.45, 2.75) is 13.0 Å². The molecule has 3 aromatic rings. The number of esters is 1. The van der Waals surface area contributed by atoms with Gasteiger partial charge in [0.15, 0.2) is 4.80 Å². The summed E-state index contributed by atoms with van der Waals surface area (Å²) in [6, 6.07) is 16.7. The lowest BCUT2D eigenvalue weighted by atomic mass is 10.2. The number of rotatable bonds is 4. The molecule has 0 aliphatic heterocycles. The summed E-state index contributed by atoms with van der Waals surface area (Å²) in [5.41, 5.74) is 1.49. The van der Waals surface area contributed by atoms with Gasteiger partial charge in [-0.1, -0.05) is 41.7 Å². The minimum Gasteiger partial charge on any atom is -0.469 e. The van der Waals surface area contributed by atoms with Crippen molar-refractivity contribution in [1.82, 2.24) is 4.57 Å². The first-order chi connectivity index (χ1) is 11.7. The third-order valence-electron chi connectivity index (χ3n) is 3.57. The minimum absolute atomic E-state index is 0.226. The maximum Gasteiger partial charge on any atom is 0.307 e. The van der Waals surface area contributed by atoms with Crippen LogP contribution in [0, 0.1) is 0 Å². The highest BCUT2D eigenvalue weighted by atomic mass is 32.1. The highest BCUT2D eigenvalue weighted by Gasteiger charge is 2.10. The Hall–Kier alpha value is -2.73. The molecular weight excluding hydrogens is 324 g/mol. The van der Waals surface area contributed by atoms with Gasteiger partial charge in [-0.25, -0.2) is 0 Å². The first kappa shape index (κ1) is 16.1. The van der Waals surface area contributed by atoms with Crippen molar-refractivity contribution in [3.63, 3.8) is 0 Å². The van der Waals surface area contributed by atoms with Gasteiger partial charge in [-0.2, -0.15) is 4.99 Å². The number of carbonyl (C=O) groups is 2. The van der Waals surface area contributed by atoms with E-state index < -0.39 is 0 Å². The smallest absolute Gasteiger partial charge is 0.307 e. The number of thiazole rings is 1. The number of benzene rings is 2. The minimum atomic E-state index is -0.297. The lowest BCUT2D eigenvalue weighted by molar-refractivity contribution is -0.140. The van der Waals surface area contributed by atoms with Gasteiger partial charge in [0.05, 0.1) is 23.7 Å². The van der Waals surface area contributed by atoms with Crippen LogP contribution in [0.15, 0.2) is 59.6 Å². The van der Waals surface area contributed by atoms with Crippen molar-refractivity contribution < 1.29 is 14.3 Å². The molecule has 0 spiro atoms. The van der Waals surface area contributed by atoms with Crippen LogP contribution in [-0.4, -0.2) is 23.6 Å². The molecule has 2 aromatic carbocycles. The first-order valence-electron chi connectivity index (χ1n) is 7.48. The zero-order valence-electron chi connectivity index (χ0n) is 13.1. The Balaban J connectivity index is 2.04. The molecule has 1 amide bonds. The average molecular weight is 340 g/mol. The number of carbonyl (C=O) groups excluding carboxylic acids is 2. The fraction of sp³-hybridized carbons (Fsp3) is 0.167. The van der Waals surface area contributed by atoms with Gasteiger partial charge in [0.1, 0.15) is 0 Å². The van der Waals surface area contributed by atoms with Gasteiger partial charge in [-0.15, -0.1) is 0 Å². The first-order valence-corrected chi connectivity index (χ1v) is 8.30. The third-order valence-corrected chi connectivity index (χ3v) is 4.63. The van der Waals surface area contributed by atoms with Crippen molar-refractivity contribution >= 4 is 33.4 Å². The van der Waals surface area contributed by atoms with Crippen LogP contribution in [0.1, 0.15) is 16.8 Å². The fourth-order valence-corrected chi connectivity index (χ4v) is 3.41. The summed E-state index contributed by atoms with van der Waals surface area (Å²) in [5, 5.41) is 0. The molecule has 0 fully saturated rings. The normalized spacial score (nSPS) is 11.6. The van der Waals surface area contributed by atoms with Crippen LogP contribution in [0.2, 0.25) is 0 Å². The second-order valence-corrected chi connectivity index (χ2v) is 6.12. The molecule has 0 radical (unpaired) electrons. The Morgan fingerprint density at radius 2 is 1.79 bits per heavy atom. The standard InChI is InChI=1S/C18H16N2O3S/c1-23-16(21)11-12-20-14-9-5-6-10-15(14)24-18(20)19-17(22)13-7-3-2-4-8-13/h2-10H,11-12H2,1H3. The molecule has 0 unspecified atom stereocenters. The Bertz CT molecular complexity index is 942. The molecule has 0 saturated carbocycles. The molecule has 6 heteroatoms. The zero-order chi connectivity index (χ0) is 16.9. The van der Waals surface area contributed by atoms with Crippen molar-refractivity contribution in [3.05, 3.63) is 65.0 Å². The predicted molar refractivity (Wildman–Crippen MR) is 92.8 cm³/mol. The van der Waals surface area contributed by atoms with E-state index in [1.54, 1.807) is 24.3 Å². The van der Waals surface area contributed by atoms with E-state index in [2.05, 4.69) is 4.99 Å². The van der Waals surface area contributed by atoms with Crippen LogP contribution >= 0.6 is 11.3 Å². The van der Waals surface area contributed by atoms with E-state index in [0.29, 0.717) is 16.9 Å². The average Bonchev–Trinajstić information content (AvgIpc) is 2.97. The number of hydrogen-bond donors (Lipinski definition) is 0. The lowest BCUT2D eigenvalue weighted by Gasteiger charge is -2.04. The molecule has 0 bridgehead atoms. The molecule has 24 heavy (non-hydrogen) atoms. The van der Waals surface area contributed by atoms with Crippen LogP contribution in [0.25, 0.3) is 10.2 Å². The summed E-state index contributed by atoms with van der Waals surface area (Å²) < 4.78 is 7.61. The van der Waals surface area contributed by atoms with Gasteiger partial charge in [0.25, 0.3) is 5.91 Å². The van der Waals surface area contributed by atoms with E-state index in [1.165, 1.54) is 18.4 Å². The molecule has 1 heterocycles. The molecule has 0 saturated heterocycles. The summed E-state index contributed by atoms with van der Waals surface area (Å²) in [6.45, 7) is 0.414. The van der Waals surface area contributed by atoms with Crippen LogP contribution in [0.3, 0.4) is 0 Å². The van der Waals surface area contributed by atoms with Crippen LogP contribution in [-0.2, 0) is 16.1 Å². The van der Waals surface area contributed by atoms with Gasteiger partial charge in [-0.05, 0) is 24.3 Å². The summed E-state index contributed by atoms with van der Waals surface area (Å²) in [4.78, 5) is 28.7. The number of ether oxygens (including phenoxy) is 1. The largest absolute Gasteiger partial charge is 0.469 e. The molecular formula is C18H16N2O3S. The highest BCUT2D eigenvalue weighted by molar-refractivity contribution is 7.16. The van der Waals surface area contributed by atoms with Crippen molar-refractivity contribution in [2.24, 2.45) is 4.99 Å². The number of hydrogen-bond acceptors (Lipinski definition) is 4. The molecule has 0 aliphatic carbocycles. The van der Waals surface area contributed by atoms with Crippen molar-refractivity contribution in [1.29, 1.82) is 0 Å². The topological polar surface area (TPSA) is 60.7 Å². The summed E-state index contributed by atoms with van der Waals surface area (Å²) >= 11 is 1.43. The number of fused-ring (bicyclic) bond motifs is 1. The van der Waals surface area contributed by atoms with Gasteiger partial charge in [-0.3, -0.25) is 9.59 Å². The summed E-state index contributed by atoms with van der Waals surface area (Å²) in [5.74, 6) is -0.591. The molecule has 3 rings (SSSR count). The molecule has 0 aliphatic rings. The van der Waals surface area contributed by atoms with Gasteiger partial charge >= 0.3 is 5.97 Å². The zero-order valence-corrected chi connectivity index (χ0v) is 14.0. The van der Waals surface area contributed by atoms with Crippen LogP contribution < -0.4 is 4.80 Å². The number of aromatic nitrogens is 1. The number of nitrogens with zero attached hydrogens (tertiary/aromatic N) is 2. The van der Waals surface area contributed by atoms with Gasteiger partial charge < -0.3 is 9.30 Å². The van der Waals surface area contributed by atoms with E-state index in [-0.39, 0.29) is 18.3 Å². The van der Waals surface area contributed by atoms with E-state index >= 15 is 0 Å². The maximum atomic E-state index is 12.4. The number of aryl methyl sites for hydroxylation is 1. The Morgan fingerprint density at radius 3 is 2.54 bits per heavy atom. The Morgan fingerprint density at radius 1 is 1.08 bits per heavy atom. The monoisotopic (exact) mass is 340 g/mol. The van der Waals surface area contributed by atoms with E-state index in [9.17, 15) is 9.59 Å². The second-order valence-electron chi connectivity index (χ2n) is 5.11. The summed E-state index contributed by atoms with van der Waals surface area (Å²) in [7, 11) is 1.36. The van der Waals surface area contributed by atoms with Crippen molar-refractivity contribution in [2.75, 3.05) is 7.11 Å². The highest BCUT2D eigenvalue weighted by Crippen LogP contribution is 2.17. The number of methoxy groups -OCH3 is 1. The van der Waals surface area contributed by atoms with E-state index in [1.807, 2.05) is 34.9 Å². The van der Waals surface area contributed by atoms with E-state index in [4.69, 9.17) is 4.74 Å². The third kappa shape index (κ3) is 3.44. The second kappa shape index (κ2) is 7.23. The predicted octanol–water partition coefficient (Wildman–Crippen LogP) is 3.01. The Kier molecular flexibility index (Phi) is 4.86. The fourth-order valence-electron chi connectivity index (χ4n) is 2.36. The molecule has 5 nitrogen and oxygen atoms in total. The van der Waals surface area contributed by atoms with Crippen LogP contribution in [0.4, 0.5) is 0 Å². The Labute approximate surface area is 142 Å². The van der Waals surface area contributed by atoms with Crippen molar-refractivity contribution in [3.8, 4) is 0 Å². The quantitative estimate of drug-likeness (QED) is 0.686. The molecule has 0 atom stereocenters. The lowest BCUT2D eigenvalue weighted by Crippen LogP contribution is -2.19. The van der Waals surface area contributed by atoms with E-state index in [0.717, 1.165) is 10.2 Å². The molecule has 122 valence electrons. The van der Waals surface area contributed by atoms with Gasteiger partial charge in [0.2, 0.25) is 0 Å². The number of para-hydroxylation sites is 1. The molecule has 1 aromatic heterocycles. The number of amides is 1. The summed E-state index contributed by atoms with van der Waals surface area (Å²) in [6.07, 6.45) is 0.226. The maximum absolute atomic E-state index is 12.4. The SMILES string of the molecule is COC(=O)CCn1c(=NC(=O)c2ccccc2)sc2ccccc21. The molecule has 0 N–H and O–H groups in total.